The lowest BCUT2D eigenvalue weighted by Crippen LogP contribution is -2.42. The van der Waals surface area contributed by atoms with Crippen molar-refractivity contribution < 1.29 is 0 Å². The van der Waals surface area contributed by atoms with Gasteiger partial charge in [-0.3, -0.25) is 9.88 Å². The van der Waals surface area contributed by atoms with Crippen molar-refractivity contribution in [2.24, 2.45) is 0 Å². The van der Waals surface area contributed by atoms with Crippen LogP contribution in [-0.4, -0.2) is 35.6 Å². The molecule has 1 aromatic heterocycles. The van der Waals surface area contributed by atoms with Gasteiger partial charge in [-0.1, -0.05) is 33.3 Å². The monoisotopic (exact) mass is 249 g/mol. The van der Waals surface area contributed by atoms with Crippen LogP contribution >= 0.6 is 0 Å². The fourth-order valence-corrected chi connectivity index (χ4v) is 2.26. The maximum Gasteiger partial charge on any atom is 0.0544 e. The van der Waals surface area contributed by atoms with E-state index in [-0.39, 0.29) is 0 Å². The van der Waals surface area contributed by atoms with Crippen LogP contribution in [0.15, 0.2) is 24.4 Å². The number of hydrogen-bond donors (Lipinski definition) is 1. The molecule has 0 bridgehead atoms. The molecule has 1 atom stereocenters. The number of likely N-dealkylation sites (N-methyl/N-ethyl adjacent to an activating group) is 2. The van der Waals surface area contributed by atoms with E-state index in [0.717, 1.165) is 31.9 Å². The van der Waals surface area contributed by atoms with Gasteiger partial charge in [0.1, 0.15) is 0 Å². The van der Waals surface area contributed by atoms with Gasteiger partial charge in [0.2, 0.25) is 0 Å². The maximum absolute atomic E-state index is 4.43. The Bertz CT molecular complexity index is 300. The van der Waals surface area contributed by atoms with Crippen molar-refractivity contribution >= 4 is 0 Å². The molecule has 1 rings (SSSR count). The molecule has 1 heterocycles. The molecule has 0 radical (unpaired) electrons. The van der Waals surface area contributed by atoms with Gasteiger partial charge in [-0.05, 0) is 31.6 Å². The quantitative estimate of drug-likeness (QED) is 0.729. The molecule has 1 N–H and O–H groups in total. The zero-order chi connectivity index (χ0) is 13.2. The van der Waals surface area contributed by atoms with Crippen molar-refractivity contribution in [1.29, 1.82) is 0 Å². The molecule has 1 unspecified atom stereocenters. The van der Waals surface area contributed by atoms with Crippen LogP contribution in [-0.2, 0) is 6.54 Å². The average Bonchev–Trinajstić information content (AvgIpc) is 2.42. The predicted octanol–water partition coefficient (Wildman–Crippen LogP) is 2.68. The zero-order valence-corrected chi connectivity index (χ0v) is 12.0. The highest BCUT2D eigenvalue weighted by atomic mass is 15.2. The van der Waals surface area contributed by atoms with Crippen LogP contribution in [0.3, 0.4) is 0 Å². The molecule has 0 aliphatic carbocycles. The summed E-state index contributed by atoms with van der Waals surface area (Å²) < 4.78 is 0. The number of nitrogens with one attached hydrogen (secondary N) is 1. The molecular formula is C15H27N3. The summed E-state index contributed by atoms with van der Waals surface area (Å²) in [7, 11) is 0. The van der Waals surface area contributed by atoms with E-state index < -0.39 is 0 Å². The molecule has 102 valence electrons. The molecule has 0 saturated heterocycles. The van der Waals surface area contributed by atoms with E-state index in [2.05, 4.69) is 48.1 Å². The number of rotatable bonds is 9. The van der Waals surface area contributed by atoms with Gasteiger partial charge in [0, 0.05) is 25.3 Å². The van der Waals surface area contributed by atoms with Crippen molar-refractivity contribution in [3.63, 3.8) is 0 Å². The smallest absolute Gasteiger partial charge is 0.0544 e. The van der Waals surface area contributed by atoms with Gasteiger partial charge >= 0.3 is 0 Å². The summed E-state index contributed by atoms with van der Waals surface area (Å²) in [6, 6.07) is 6.76. The van der Waals surface area contributed by atoms with E-state index in [1.807, 2.05) is 12.3 Å². The largest absolute Gasteiger partial charge is 0.315 e. The van der Waals surface area contributed by atoms with E-state index in [1.165, 1.54) is 12.8 Å². The van der Waals surface area contributed by atoms with E-state index >= 15 is 0 Å². The molecular weight excluding hydrogens is 222 g/mol. The number of pyridine rings is 1. The molecule has 3 heteroatoms. The van der Waals surface area contributed by atoms with Crippen molar-refractivity contribution in [1.82, 2.24) is 15.2 Å². The first-order valence-electron chi connectivity index (χ1n) is 7.16. The minimum absolute atomic E-state index is 0.613. The Hall–Kier alpha value is -0.930. The first kappa shape index (κ1) is 15.1. The minimum atomic E-state index is 0.613. The number of aromatic nitrogens is 1. The third-order valence-corrected chi connectivity index (χ3v) is 3.27. The Morgan fingerprint density at radius 2 is 2.11 bits per heavy atom. The number of nitrogens with zero attached hydrogens (tertiary/aromatic N) is 2. The van der Waals surface area contributed by atoms with Crippen LogP contribution in [0, 0.1) is 0 Å². The predicted molar refractivity (Wildman–Crippen MR) is 77.6 cm³/mol. The fraction of sp³-hybridized carbons (Fsp3) is 0.667. The van der Waals surface area contributed by atoms with Gasteiger partial charge in [0.25, 0.3) is 0 Å². The van der Waals surface area contributed by atoms with E-state index in [9.17, 15) is 0 Å². The van der Waals surface area contributed by atoms with Crippen LogP contribution < -0.4 is 5.32 Å². The summed E-state index contributed by atoms with van der Waals surface area (Å²) >= 11 is 0. The second-order valence-corrected chi connectivity index (χ2v) is 4.63. The molecule has 1 aromatic rings. The molecule has 0 amide bonds. The van der Waals surface area contributed by atoms with Crippen LogP contribution in [0.1, 0.15) is 39.3 Å². The van der Waals surface area contributed by atoms with Gasteiger partial charge in [-0.25, -0.2) is 0 Å². The van der Waals surface area contributed by atoms with E-state index in [4.69, 9.17) is 0 Å². The number of hydrogen-bond acceptors (Lipinski definition) is 3. The van der Waals surface area contributed by atoms with Gasteiger partial charge in [0.15, 0.2) is 0 Å². The molecule has 0 aliphatic heterocycles. The molecule has 18 heavy (non-hydrogen) atoms. The van der Waals surface area contributed by atoms with Crippen molar-refractivity contribution in [3.8, 4) is 0 Å². The van der Waals surface area contributed by atoms with Crippen LogP contribution in [0.4, 0.5) is 0 Å². The second-order valence-electron chi connectivity index (χ2n) is 4.63. The highest BCUT2D eigenvalue weighted by Crippen LogP contribution is 2.10. The lowest BCUT2D eigenvalue weighted by molar-refractivity contribution is 0.180. The van der Waals surface area contributed by atoms with Gasteiger partial charge < -0.3 is 5.32 Å². The van der Waals surface area contributed by atoms with Gasteiger partial charge in [-0.2, -0.15) is 0 Å². The van der Waals surface area contributed by atoms with E-state index in [1.54, 1.807) is 0 Å². The Kier molecular flexibility index (Phi) is 7.62. The summed E-state index contributed by atoms with van der Waals surface area (Å²) in [4.78, 5) is 6.95. The van der Waals surface area contributed by atoms with Crippen LogP contribution in [0.5, 0.6) is 0 Å². The molecule has 0 spiro atoms. The summed E-state index contributed by atoms with van der Waals surface area (Å²) in [6.07, 6.45) is 4.35. The molecule has 0 fully saturated rings. The minimum Gasteiger partial charge on any atom is -0.315 e. The molecule has 3 nitrogen and oxygen atoms in total. The Morgan fingerprint density at radius 3 is 2.67 bits per heavy atom. The lowest BCUT2D eigenvalue weighted by Gasteiger charge is -2.30. The highest BCUT2D eigenvalue weighted by molar-refractivity contribution is 5.03. The maximum atomic E-state index is 4.43. The lowest BCUT2D eigenvalue weighted by atomic mass is 10.1. The molecule has 0 saturated carbocycles. The summed E-state index contributed by atoms with van der Waals surface area (Å²) in [6.45, 7) is 10.8. The first-order chi connectivity index (χ1) is 8.81. The Balaban J connectivity index is 2.60. The van der Waals surface area contributed by atoms with Crippen LogP contribution in [0.2, 0.25) is 0 Å². The summed E-state index contributed by atoms with van der Waals surface area (Å²) in [5.41, 5.74) is 1.16. The average molecular weight is 249 g/mol. The van der Waals surface area contributed by atoms with Gasteiger partial charge in [0.05, 0.1) is 5.69 Å². The summed E-state index contributed by atoms with van der Waals surface area (Å²) in [5, 5.41) is 3.47. The second kappa shape index (κ2) is 9.06. The third-order valence-electron chi connectivity index (χ3n) is 3.27. The fourth-order valence-electron chi connectivity index (χ4n) is 2.26. The zero-order valence-electron chi connectivity index (χ0n) is 12.0. The SMILES string of the molecule is CCCC(CNCC)N(CC)Cc1ccccn1. The van der Waals surface area contributed by atoms with Crippen molar-refractivity contribution in [2.75, 3.05) is 19.6 Å². The normalized spacial score (nSPS) is 12.9. The standard InChI is InChI=1S/C15H27N3/c1-4-9-15(12-16-5-2)18(6-3)13-14-10-7-8-11-17-14/h7-8,10-11,15-16H,4-6,9,12-13H2,1-3H3. The molecule has 0 aromatic carbocycles. The Morgan fingerprint density at radius 1 is 1.28 bits per heavy atom. The van der Waals surface area contributed by atoms with Crippen LogP contribution in [0.25, 0.3) is 0 Å². The topological polar surface area (TPSA) is 28.2 Å². The van der Waals surface area contributed by atoms with Crippen molar-refractivity contribution in [3.05, 3.63) is 30.1 Å². The van der Waals surface area contributed by atoms with E-state index in [0.29, 0.717) is 6.04 Å². The summed E-state index contributed by atoms with van der Waals surface area (Å²) in [5.74, 6) is 0. The Labute approximate surface area is 112 Å². The molecule has 0 aliphatic rings. The van der Waals surface area contributed by atoms with Gasteiger partial charge in [-0.15, -0.1) is 0 Å². The van der Waals surface area contributed by atoms with Crippen molar-refractivity contribution in [2.45, 2.75) is 46.2 Å². The highest BCUT2D eigenvalue weighted by Gasteiger charge is 2.16. The third kappa shape index (κ3) is 5.15. The first-order valence-corrected chi connectivity index (χ1v) is 7.16.